The van der Waals surface area contributed by atoms with Crippen LogP contribution in [-0.4, -0.2) is 25.1 Å². The van der Waals surface area contributed by atoms with Gasteiger partial charge in [-0.15, -0.1) is 11.3 Å². The van der Waals surface area contributed by atoms with Crippen molar-refractivity contribution < 1.29 is 19.1 Å². The molecule has 1 atom stereocenters. The summed E-state index contributed by atoms with van der Waals surface area (Å²) in [4.78, 5) is 27.7. The molecule has 1 amide bonds. The van der Waals surface area contributed by atoms with E-state index in [9.17, 15) is 9.59 Å². The molecule has 146 valence electrons. The molecule has 1 aliphatic rings. The number of nitrogens with zero attached hydrogens (tertiary/aromatic N) is 1. The predicted molar refractivity (Wildman–Crippen MR) is 113 cm³/mol. The van der Waals surface area contributed by atoms with E-state index in [-0.39, 0.29) is 18.6 Å². The minimum Gasteiger partial charge on any atom is -0.489 e. The number of amides is 1. The average molecular weight is 405 g/mol. The number of para-hydroxylation sites is 2. The highest BCUT2D eigenvalue weighted by Gasteiger charge is 2.33. The Morgan fingerprint density at radius 1 is 1.07 bits per heavy atom. The van der Waals surface area contributed by atoms with E-state index in [0.717, 1.165) is 10.4 Å². The number of anilines is 1. The van der Waals surface area contributed by atoms with Crippen molar-refractivity contribution in [1.82, 2.24) is 0 Å². The third-order valence-corrected chi connectivity index (χ3v) is 5.39. The zero-order valence-corrected chi connectivity index (χ0v) is 16.4. The zero-order chi connectivity index (χ0) is 20.1. The molecule has 0 unspecified atom stereocenters. The fourth-order valence-corrected chi connectivity index (χ4v) is 3.82. The van der Waals surface area contributed by atoms with Gasteiger partial charge in [-0.05, 0) is 35.2 Å². The molecular formula is C23H19NO4S. The molecule has 2 aromatic carbocycles. The lowest BCUT2D eigenvalue weighted by Crippen LogP contribution is -2.43. The van der Waals surface area contributed by atoms with Gasteiger partial charge in [-0.25, -0.2) is 4.79 Å². The van der Waals surface area contributed by atoms with Crippen LogP contribution in [0.3, 0.4) is 0 Å². The van der Waals surface area contributed by atoms with Gasteiger partial charge in [-0.3, -0.25) is 9.69 Å². The molecule has 0 aliphatic carbocycles. The highest BCUT2D eigenvalue weighted by atomic mass is 32.1. The van der Waals surface area contributed by atoms with Crippen LogP contribution in [0.2, 0.25) is 0 Å². The maximum Gasteiger partial charge on any atom is 0.331 e. The Hall–Kier alpha value is -3.38. The van der Waals surface area contributed by atoms with E-state index in [2.05, 4.69) is 0 Å². The lowest BCUT2D eigenvalue weighted by molar-refractivity contribution is -0.143. The van der Waals surface area contributed by atoms with Gasteiger partial charge < -0.3 is 9.47 Å². The van der Waals surface area contributed by atoms with E-state index >= 15 is 0 Å². The third-order valence-electron chi connectivity index (χ3n) is 4.55. The van der Waals surface area contributed by atoms with E-state index < -0.39 is 5.97 Å². The Bertz CT molecular complexity index is 1010. The Kier molecular flexibility index (Phi) is 5.72. The van der Waals surface area contributed by atoms with Gasteiger partial charge in [0.1, 0.15) is 12.4 Å². The SMILES string of the molecule is O=C(/C=C/c1cccs1)OCC(=O)N1c2ccccc2OC[C@@H]1c1ccccc1. The number of thiophene rings is 1. The largest absolute Gasteiger partial charge is 0.489 e. The van der Waals surface area contributed by atoms with E-state index in [1.807, 2.05) is 72.1 Å². The number of fused-ring (bicyclic) bond motifs is 1. The van der Waals surface area contributed by atoms with Crippen LogP contribution < -0.4 is 9.64 Å². The van der Waals surface area contributed by atoms with Crippen LogP contribution in [0.1, 0.15) is 16.5 Å². The molecule has 0 saturated carbocycles. The first-order valence-corrected chi connectivity index (χ1v) is 10.1. The number of carbonyl (C=O) groups excluding carboxylic acids is 2. The normalized spacial score (nSPS) is 15.6. The van der Waals surface area contributed by atoms with Crippen LogP contribution in [0, 0.1) is 0 Å². The summed E-state index contributed by atoms with van der Waals surface area (Å²) < 4.78 is 11.1. The fourth-order valence-electron chi connectivity index (χ4n) is 3.20. The fraction of sp³-hybridized carbons (Fsp3) is 0.130. The van der Waals surface area contributed by atoms with Gasteiger partial charge in [-0.2, -0.15) is 0 Å². The molecule has 4 rings (SSSR count). The molecule has 0 radical (unpaired) electrons. The van der Waals surface area contributed by atoms with E-state index in [1.165, 1.54) is 17.4 Å². The van der Waals surface area contributed by atoms with Crippen molar-refractivity contribution in [3.05, 3.63) is 88.6 Å². The Balaban J connectivity index is 1.51. The van der Waals surface area contributed by atoms with Gasteiger partial charge >= 0.3 is 5.97 Å². The average Bonchev–Trinajstić information content (AvgIpc) is 3.29. The lowest BCUT2D eigenvalue weighted by Gasteiger charge is -2.37. The number of rotatable bonds is 5. The maximum absolute atomic E-state index is 13.1. The summed E-state index contributed by atoms with van der Waals surface area (Å²) in [5.41, 5.74) is 1.63. The van der Waals surface area contributed by atoms with Gasteiger partial charge in [0, 0.05) is 11.0 Å². The summed E-state index contributed by atoms with van der Waals surface area (Å²) in [7, 11) is 0. The Labute approximate surface area is 172 Å². The second-order valence-electron chi connectivity index (χ2n) is 6.43. The van der Waals surface area contributed by atoms with E-state index in [4.69, 9.17) is 9.47 Å². The van der Waals surface area contributed by atoms with E-state index in [0.29, 0.717) is 18.0 Å². The molecule has 2 heterocycles. The van der Waals surface area contributed by atoms with Crippen molar-refractivity contribution in [3.8, 4) is 5.75 Å². The monoisotopic (exact) mass is 405 g/mol. The molecular weight excluding hydrogens is 386 g/mol. The number of benzene rings is 2. The van der Waals surface area contributed by atoms with Crippen LogP contribution in [0.15, 0.2) is 78.2 Å². The molecule has 29 heavy (non-hydrogen) atoms. The summed E-state index contributed by atoms with van der Waals surface area (Å²) >= 11 is 1.52. The quantitative estimate of drug-likeness (QED) is 0.464. The summed E-state index contributed by atoms with van der Waals surface area (Å²) in [6.45, 7) is -0.00965. The molecule has 3 aromatic rings. The second-order valence-corrected chi connectivity index (χ2v) is 7.40. The number of hydrogen-bond acceptors (Lipinski definition) is 5. The summed E-state index contributed by atoms with van der Waals surface area (Å²) in [6.07, 6.45) is 3.01. The molecule has 6 heteroatoms. The summed E-state index contributed by atoms with van der Waals surface area (Å²) in [5.74, 6) is -0.214. The number of hydrogen-bond donors (Lipinski definition) is 0. The van der Waals surface area contributed by atoms with Gasteiger partial charge in [-0.1, -0.05) is 48.5 Å². The number of esters is 1. The molecule has 1 aliphatic heterocycles. The lowest BCUT2D eigenvalue weighted by atomic mass is 10.0. The van der Waals surface area contributed by atoms with Crippen molar-refractivity contribution in [2.24, 2.45) is 0 Å². The van der Waals surface area contributed by atoms with Crippen LogP contribution in [0.4, 0.5) is 5.69 Å². The van der Waals surface area contributed by atoms with Crippen LogP contribution in [-0.2, 0) is 14.3 Å². The van der Waals surface area contributed by atoms with Gasteiger partial charge in [0.05, 0.1) is 11.7 Å². The van der Waals surface area contributed by atoms with Gasteiger partial charge in [0.2, 0.25) is 0 Å². The standard InChI is InChI=1S/C23H19NO4S/c25-22(16-28-23(26)13-12-18-9-6-14-29-18)24-19-10-4-5-11-21(19)27-15-20(24)17-7-2-1-3-8-17/h1-14,20H,15-16H2/b13-12+/t20-/m1/s1. The second kappa shape index (κ2) is 8.75. The van der Waals surface area contributed by atoms with E-state index in [1.54, 1.807) is 11.0 Å². The predicted octanol–water partition coefficient (Wildman–Crippen LogP) is 4.47. The first-order chi connectivity index (χ1) is 14.2. The van der Waals surface area contributed by atoms with Crippen molar-refractivity contribution in [3.63, 3.8) is 0 Å². The minimum absolute atomic E-state index is 0.293. The molecule has 0 fully saturated rings. The Morgan fingerprint density at radius 3 is 2.66 bits per heavy atom. The maximum atomic E-state index is 13.1. The van der Waals surface area contributed by atoms with Crippen molar-refractivity contribution in [2.75, 3.05) is 18.1 Å². The zero-order valence-electron chi connectivity index (χ0n) is 15.6. The van der Waals surface area contributed by atoms with Crippen LogP contribution in [0.5, 0.6) is 5.75 Å². The smallest absolute Gasteiger partial charge is 0.331 e. The number of ether oxygens (including phenoxy) is 2. The van der Waals surface area contributed by atoms with Crippen molar-refractivity contribution >= 4 is 35.0 Å². The van der Waals surface area contributed by atoms with Crippen LogP contribution >= 0.6 is 11.3 Å². The molecule has 0 spiro atoms. The van der Waals surface area contributed by atoms with Crippen LogP contribution in [0.25, 0.3) is 6.08 Å². The first kappa shape index (κ1) is 19.0. The third kappa shape index (κ3) is 4.38. The van der Waals surface area contributed by atoms with Gasteiger partial charge in [0.15, 0.2) is 6.61 Å². The Morgan fingerprint density at radius 2 is 1.86 bits per heavy atom. The van der Waals surface area contributed by atoms with Gasteiger partial charge in [0.25, 0.3) is 5.91 Å². The highest BCUT2D eigenvalue weighted by molar-refractivity contribution is 7.10. The summed E-state index contributed by atoms with van der Waals surface area (Å²) in [6, 6.07) is 20.6. The van der Waals surface area contributed by atoms with Crippen molar-refractivity contribution in [1.29, 1.82) is 0 Å². The van der Waals surface area contributed by atoms with Crippen molar-refractivity contribution in [2.45, 2.75) is 6.04 Å². The summed E-state index contributed by atoms with van der Waals surface area (Å²) in [5, 5.41) is 1.92. The topological polar surface area (TPSA) is 55.8 Å². The minimum atomic E-state index is -0.551. The molecule has 0 bridgehead atoms. The molecule has 5 nitrogen and oxygen atoms in total. The molecule has 1 aromatic heterocycles. The number of carbonyl (C=O) groups is 2. The molecule has 0 saturated heterocycles. The highest BCUT2D eigenvalue weighted by Crippen LogP contribution is 2.39. The first-order valence-electron chi connectivity index (χ1n) is 9.19. The molecule has 0 N–H and O–H groups in total.